The van der Waals surface area contributed by atoms with Gasteiger partial charge in [-0.2, -0.15) is 0 Å². The van der Waals surface area contributed by atoms with E-state index in [0.717, 1.165) is 34.1 Å². The van der Waals surface area contributed by atoms with E-state index in [1.54, 1.807) is 11.3 Å². The van der Waals surface area contributed by atoms with Crippen molar-refractivity contribution >= 4 is 32.2 Å². The summed E-state index contributed by atoms with van der Waals surface area (Å²) in [7, 11) is 0.702. The second-order valence-corrected chi connectivity index (χ2v) is 8.56. The van der Waals surface area contributed by atoms with Crippen molar-refractivity contribution in [2.24, 2.45) is 0 Å². The third-order valence-corrected chi connectivity index (χ3v) is 6.04. The molecule has 0 radical (unpaired) electrons. The zero-order valence-electron chi connectivity index (χ0n) is 13.1. The van der Waals surface area contributed by atoms with Crippen molar-refractivity contribution in [3.63, 3.8) is 0 Å². The van der Waals surface area contributed by atoms with Crippen molar-refractivity contribution < 1.29 is 8.42 Å². The van der Waals surface area contributed by atoms with E-state index in [2.05, 4.69) is 11.1 Å². The van der Waals surface area contributed by atoms with E-state index in [-0.39, 0.29) is 6.04 Å². The molecule has 0 saturated carbocycles. The molecule has 1 aromatic carbocycles. The van der Waals surface area contributed by atoms with Gasteiger partial charge in [0.1, 0.15) is 0 Å². The van der Waals surface area contributed by atoms with Gasteiger partial charge < -0.3 is 4.90 Å². The molecule has 1 aromatic heterocycles. The zero-order chi connectivity index (χ0) is 16.1. The SMILES string of the molecule is C[C@H]1Cc2cc(-c3csc(N(C)C)n3)ccc2N1S(C)(=O)=O. The molecule has 0 N–H and O–H groups in total. The summed E-state index contributed by atoms with van der Waals surface area (Å²) in [5.74, 6) is 0. The Morgan fingerprint density at radius 2 is 2.09 bits per heavy atom. The quantitative estimate of drug-likeness (QED) is 0.864. The normalized spacial score (nSPS) is 17.6. The molecule has 0 unspecified atom stereocenters. The number of anilines is 2. The first-order valence-corrected chi connectivity index (χ1v) is 9.75. The molecule has 0 saturated heterocycles. The minimum absolute atomic E-state index is 0.0342. The van der Waals surface area contributed by atoms with Crippen LogP contribution in [0, 0.1) is 0 Å². The number of benzene rings is 1. The summed E-state index contributed by atoms with van der Waals surface area (Å²) in [6.45, 7) is 1.94. The van der Waals surface area contributed by atoms with Crippen molar-refractivity contribution in [2.75, 3.05) is 29.6 Å². The van der Waals surface area contributed by atoms with Crippen LogP contribution in [0.2, 0.25) is 0 Å². The van der Waals surface area contributed by atoms with Gasteiger partial charge in [0, 0.05) is 31.1 Å². The van der Waals surface area contributed by atoms with Crippen LogP contribution in [0.25, 0.3) is 11.3 Å². The number of thiazole rings is 1. The van der Waals surface area contributed by atoms with Gasteiger partial charge in [0.15, 0.2) is 5.13 Å². The van der Waals surface area contributed by atoms with Crippen LogP contribution in [-0.2, 0) is 16.4 Å². The van der Waals surface area contributed by atoms with E-state index >= 15 is 0 Å². The van der Waals surface area contributed by atoms with Crippen molar-refractivity contribution in [3.8, 4) is 11.3 Å². The van der Waals surface area contributed by atoms with Gasteiger partial charge in [-0.15, -0.1) is 11.3 Å². The molecule has 2 heterocycles. The molecular weight excluding hydrogens is 318 g/mol. The fourth-order valence-electron chi connectivity index (χ4n) is 2.87. The van der Waals surface area contributed by atoms with Gasteiger partial charge in [-0.05, 0) is 31.0 Å². The molecule has 0 spiro atoms. The highest BCUT2D eigenvalue weighted by Crippen LogP contribution is 2.37. The first kappa shape index (κ1) is 15.3. The van der Waals surface area contributed by atoms with E-state index < -0.39 is 10.0 Å². The maximum absolute atomic E-state index is 11.9. The number of aromatic nitrogens is 1. The number of fused-ring (bicyclic) bond motifs is 1. The standard InChI is InChI=1S/C15H19N3O2S2/c1-10-7-12-8-11(13-9-21-15(16-13)17(2)3)5-6-14(12)18(10)22(4,19)20/h5-6,8-10H,7H2,1-4H3/t10-/m0/s1. The monoisotopic (exact) mass is 337 g/mol. The fraction of sp³-hybridized carbons (Fsp3) is 0.400. The summed E-state index contributed by atoms with van der Waals surface area (Å²) in [6.07, 6.45) is 2.00. The Balaban J connectivity index is 2.01. The highest BCUT2D eigenvalue weighted by atomic mass is 32.2. The van der Waals surface area contributed by atoms with Gasteiger partial charge in [-0.1, -0.05) is 6.07 Å². The average Bonchev–Trinajstić information content (AvgIpc) is 2.99. The molecule has 0 fully saturated rings. The molecule has 1 aliphatic heterocycles. The Morgan fingerprint density at radius 3 is 2.68 bits per heavy atom. The molecule has 7 heteroatoms. The smallest absolute Gasteiger partial charge is 0.232 e. The summed E-state index contributed by atoms with van der Waals surface area (Å²) < 4.78 is 25.4. The van der Waals surface area contributed by atoms with Crippen LogP contribution in [0.4, 0.5) is 10.8 Å². The summed E-state index contributed by atoms with van der Waals surface area (Å²) in [5, 5.41) is 2.99. The van der Waals surface area contributed by atoms with Crippen molar-refractivity contribution in [2.45, 2.75) is 19.4 Å². The largest absolute Gasteiger partial charge is 0.354 e. The zero-order valence-corrected chi connectivity index (χ0v) is 14.7. The van der Waals surface area contributed by atoms with Gasteiger partial charge in [0.25, 0.3) is 0 Å². The van der Waals surface area contributed by atoms with Gasteiger partial charge in [0.05, 0.1) is 17.6 Å². The lowest BCUT2D eigenvalue weighted by Crippen LogP contribution is -2.34. The summed E-state index contributed by atoms with van der Waals surface area (Å²) >= 11 is 1.60. The second kappa shape index (κ2) is 5.24. The summed E-state index contributed by atoms with van der Waals surface area (Å²) in [5.41, 5.74) is 3.82. The van der Waals surface area contributed by atoms with Crippen LogP contribution >= 0.6 is 11.3 Å². The Labute approximate surface area is 135 Å². The molecule has 5 nitrogen and oxygen atoms in total. The second-order valence-electron chi connectivity index (χ2n) is 5.87. The van der Waals surface area contributed by atoms with Crippen LogP contribution in [0.5, 0.6) is 0 Å². The lowest BCUT2D eigenvalue weighted by molar-refractivity contribution is 0.590. The highest BCUT2D eigenvalue weighted by molar-refractivity contribution is 7.92. The molecular formula is C15H19N3O2S2. The highest BCUT2D eigenvalue weighted by Gasteiger charge is 2.32. The lowest BCUT2D eigenvalue weighted by Gasteiger charge is -2.21. The lowest BCUT2D eigenvalue weighted by atomic mass is 10.1. The van der Waals surface area contributed by atoms with E-state index in [0.29, 0.717) is 0 Å². The van der Waals surface area contributed by atoms with E-state index in [1.165, 1.54) is 10.6 Å². The first-order chi connectivity index (χ1) is 10.3. The van der Waals surface area contributed by atoms with E-state index in [9.17, 15) is 8.42 Å². The van der Waals surface area contributed by atoms with Gasteiger partial charge in [-0.3, -0.25) is 4.31 Å². The predicted octanol–water partition coefficient (Wildman–Crippen LogP) is 2.59. The number of hydrogen-bond donors (Lipinski definition) is 0. The van der Waals surface area contributed by atoms with E-state index in [1.807, 2.05) is 43.4 Å². The van der Waals surface area contributed by atoms with Crippen LogP contribution in [0.1, 0.15) is 12.5 Å². The Morgan fingerprint density at radius 1 is 1.36 bits per heavy atom. The number of sulfonamides is 1. The van der Waals surface area contributed by atoms with Crippen LogP contribution in [-0.4, -0.2) is 39.8 Å². The molecule has 2 aromatic rings. The number of hydrogen-bond acceptors (Lipinski definition) is 5. The van der Waals surface area contributed by atoms with Crippen LogP contribution < -0.4 is 9.21 Å². The van der Waals surface area contributed by atoms with Crippen molar-refractivity contribution in [1.82, 2.24) is 4.98 Å². The van der Waals surface area contributed by atoms with Gasteiger partial charge >= 0.3 is 0 Å². The van der Waals surface area contributed by atoms with Gasteiger partial charge in [0.2, 0.25) is 10.0 Å². The van der Waals surface area contributed by atoms with Crippen molar-refractivity contribution in [3.05, 3.63) is 29.1 Å². The molecule has 0 amide bonds. The topological polar surface area (TPSA) is 53.5 Å². The molecule has 118 valence electrons. The predicted molar refractivity (Wildman–Crippen MR) is 92.4 cm³/mol. The summed E-state index contributed by atoms with van der Waals surface area (Å²) in [6, 6.07) is 5.87. The van der Waals surface area contributed by atoms with E-state index in [4.69, 9.17) is 0 Å². The van der Waals surface area contributed by atoms with Crippen LogP contribution in [0.15, 0.2) is 23.6 Å². The van der Waals surface area contributed by atoms with Gasteiger partial charge in [-0.25, -0.2) is 13.4 Å². The first-order valence-electron chi connectivity index (χ1n) is 7.03. The molecule has 1 atom stereocenters. The number of nitrogens with zero attached hydrogens (tertiary/aromatic N) is 3. The molecule has 3 rings (SSSR count). The minimum atomic E-state index is -3.24. The number of rotatable bonds is 3. The average molecular weight is 337 g/mol. The van der Waals surface area contributed by atoms with Crippen molar-refractivity contribution in [1.29, 1.82) is 0 Å². The minimum Gasteiger partial charge on any atom is -0.354 e. The molecule has 0 bridgehead atoms. The van der Waals surface area contributed by atoms with Crippen LogP contribution in [0.3, 0.4) is 0 Å². The molecule has 22 heavy (non-hydrogen) atoms. The maximum Gasteiger partial charge on any atom is 0.232 e. The summed E-state index contributed by atoms with van der Waals surface area (Å²) in [4.78, 5) is 6.59. The maximum atomic E-state index is 11.9. The fourth-order valence-corrected chi connectivity index (χ4v) is 4.90. The Hall–Kier alpha value is -1.60. The Kier molecular flexibility index (Phi) is 3.65. The third kappa shape index (κ3) is 2.59. The Bertz CT molecular complexity index is 812. The molecule has 1 aliphatic rings. The third-order valence-electron chi connectivity index (χ3n) is 3.76. The molecule has 0 aliphatic carbocycles.